The fourth-order valence-corrected chi connectivity index (χ4v) is 2.10. The van der Waals surface area contributed by atoms with Crippen molar-refractivity contribution in [1.29, 1.82) is 0 Å². The Balaban J connectivity index is 2.42. The van der Waals surface area contributed by atoms with Crippen molar-refractivity contribution in [1.82, 2.24) is 19.8 Å². The molecule has 0 fully saturated rings. The predicted molar refractivity (Wildman–Crippen MR) is 52.3 cm³/mol. The Kier molecular flexibility index (Phi) is 3.02. The van der Waals surface area contributed by atoms with Gasteiger partial charge in [-0.05, 0) is 6.42 Å². The molecule has 0 aliphatic heterocycles. The summed E-state index contributed by atoms with van der Waals surface area (Å²) in [6.45, 7) is -0.159. The number of nitrogens with zero attached hydrogens (tertiary/aromatic N) is 4. The maximum atomic E-state index is 12.5. The first-order chi connectivity index (χ1) is 7.93. The Labute approximate surface area is 96.9 Å². The predicted octanol–water partition coefficient (Wildman–Crippen LogP) is 0.587. The molecular weight excluding hydrogens is 259 g/mol. The van der Waals surface area contributed by atoms with Crippen LogP contribution in [-0.4, -0.2) is 31.5 Å². The summed E-state index contributed by atoms with van der Waals surface area (Å²) >= 11 is 0.924. The molecule has 0 aliphatic carbocycles. The Morgan fingerprint density at radius 1 is 1.41 bits per heavy atom. The van der Waals surface area contributed by atoms with Crippen LogP contribution < -0.4 is 5.73 Å². The number of fused-ring (bicyclic) bond motifs is 1. The van der Waals surface area contributed by atoms with Gasteiger partial charge in [-0.2, -0.15) is 22.8 Å². The molecule has 6 nitrogen and oxygen atoms in total. The maximum Gasteiger partial charge on any atom is 0.453 e. The van der Waals surface area contributed by atoms with E-state index in [4.69, 9.17) is 10.8 Å². The smallest absolute Gasteiger partial charge is 0.396 e. The molecule has 2 aromatic heterocycles. The first kappa shape index (κ1) is 12.2. The van der Waals surface area contributed by atoms with E-state index in [1.165, 1.54) is 0 Å². The number of alkyl halides is 3. The van der Waals surface area contributed by atoms with Crippen molar-refractivity contribution in [2.24, 2.45) is 5.73 Å². The molecule has 0 saturated heterocycles. The number of aromatic nitrogens is 4. The Hall–Kier alpha value is -1.26. The van der Waals surface area contributed by atoms with Gasteiger partial charge in [0.25, 0.3) is 5.82 Å². The van der Waals surface area contributed by atoms with Crippen LogP contribution in [0.2, 0.25) is 0 Å². The zero-order valence-corrected chi connectivity index (χ0v) is 9.16. The summed E-state index contributed by atoms with van der Waals surface area (Å²) in [6.07, 6.45) is -4.38. The quantitative estimate of drug-likeness (QED) is 0.849. The van der Waals surface area contributed by atoms with Crippen LogP contribution in [0.4, 0.5) is 13.2 Å². The van der Waals surface area contributed by atoms with Crippen LogP contribution >= 0.6 is 11.3 Å². The van der Waals surface area contributed by atoms with E-state index in [-0.39, 0.29) is 23.0 Å². The van der Waals surface area contributed by atoms with Gasteiger partial charge in [-0.1, -0.05) is 11.3 Å². The van der Waals surface area contributed by atoms with Gasteiger partial charge in [0.05, 0.1) is 6.04 Å². The zero-order chi connectivity index (χ0) is 12.6. The minimum atomic E-state index is -4.61. The van der Waals surface area contributed by atoms with Crippen LogP contribution in [0.1, 0.15) is 23.3 Å². The zero-order valence-electron chi connectivity index (χ0n) is 8.35. The molecule has 0 radical (unpaired) electrons. The topological polar surface area (TPSA) is 89.3 Å². The van der Waals surface area contributed by atoms with Crippen LogP contribution in [0, 0.1) is 0 Å². The van der Waals surface area contributed by atoms with E-state index in [2.05, 4.69) is 15.3 Å². The molecule has 0 saturated carbocycles. The van der Waals surface area contributed by atoms with Crippen LogP contribution in [0.5, 0.6) is 0 Å². The summed E-state index contributed by atoms with van der Waals surface area (Å²) in [7, 11) is 0. The monoisotopic (exact) mass is 267 g/mol. The van der Waals surface area contributed by atoms with Gasteiger partial charge < -0.3 is 10.8 Å². The summed E-state index contributed by atoms with van der Waals surface area (Å²) in [5.74, 6) is -1.17. The van der Waals surface area contributed by atoms with Crippen molar-refractivity contribution in [3.63, 3.8) is 0 Å². The highest BCUT2D eigenvalue weighted by Crippen LogP contribution is 2.30. The van der Waals surface area contributed by atoms with Crippen LogP contribution in [0.15, 0.2) is 0 Å². The fraction of sp³-hybridized carbons (Fsp3) is 0.571. The third kappa shape index (κ3) is 2.23. The number of hydrogen-bond donors (Lipinski definition) is 2. The van der Waals surface area contributed by atoms with Crippen molar-refractivity contribution < 1.29 is 18.3 Å². The first-order valence-corrected chi connectivity index (χ1v) is 5.41. The number of hydrogen-bond acceptors (Lipinski definition) is 6. The molecule has 0 spiro atoms. The van der Waals surface area contributed by atoms with Gasteiger partial charge in [-0.25, -0.2) is 0 Å². The molecule has 3 N–H and O–H groups in total. The van der Waals surface area contributed by atoms with Crippen molar-refractivity contribution in [3.8, 4) is 0 Å². The third-order valence-corrected chi connectivity index (χ3v) is 3.05. The molecule has 0 bridgehead atoms. The Morgan fingerprint density at radius 3 is 2.71 bits per heavy atom. The number of rotatable bonds is 3. The van der Waals surface area contributed by atoms with Crippen molar-refractivity contribution in [3.05, 3.63) is 10.8 Å². The van der Waals surface area contributed by atoms with Crippen LogP contribution in [0.25, 0.3) is 4.96 Å². The lowest BCUT2D eigenvalue weighted by Crippen LogP contribution is -2.14. The van der Waals surface area contributed by atoms with Crippen molar-refractivity contribution >= 4 is 16.3 Å². The van der Waals surface area contributed by atoms with Crippen molar-refractivity contribution in [2.45, 2.75) is 18.6 Å². The number of halogens is 3. The van der Waals surface area contributed by atoms with Gasteiger partial charge >= 0.3 is 6.18 Å². The van der Waals surface area contributed by atoms with Gasteiger partial charge in [-0.15, -0.1) is 10.2 Å². The normalized spacial score (nSPS) is 14.4. The molecule has 10 heteroatoms. The molecule has 17 heavy (non-hydrogen) atoms. The van der Waals surface area contributed by atoms with Gasteiger partial charge in [-0.3, -0.25) is 0 Å². The van der Waals surface area contributed by atoms with E-state index in [9.17, 15) is 13.2 Å². The van der Waals surface area contributed by atoms with E-state index < -0.39 is 18.0 Å². The summed E-state index contributed by atoms with van der Waals surface area (Å²) in [6, 6.07) is -0.604. The number of aliphatic hydroxyl groups excluding tert-OH is 1. The Morgan fingerprint density at radius 2 is 2.12 bits per heavy atom. The molecular formula is C7H8F3N5OS. The fourth-order valence-electron chi connectivity index (χ4n) is 1.22. The number of nitrogens with two attached hydrogens (primary N) is 1. The van der Waals surface area contributed by atoms with E-state index in [0.717, 1.165) is 11.3 Å². The van der Waals surface area contributed by atoms with Gasteiger partial charge in [0.1, 0.15) is 5.01 Å². The standard InChI is InChI=1S/C7H8F3N5OS/c8-7(9,10)5-12-13-6-15(5)14-4(17-6)3(11)1-2-16/h3,16H,1-2,11H2. The van der Waals surface area contributed by atoms with Crippen LogP contribution in [-0.2, 0) is 6.18 Å². The van der Waals surface area contributed by atoms with E-state index in [1.807, 2.05) is 0 Å². The van der Waals surface area contributed by atoms with Gasteiger partial charge in [0, 0.05) is 6.61 Å². The van der Waals surface area contributed by atoms with Gasteiger partial charge in [0.2, 0.25) is 4.96 Å². The van der Waals surface area contributed by atoms with Gasteiger partial charge in [0.15, 0.2) is 0 Å². The lowest BCUT2D eigenvalue weighted by atomic mass is 10.2. The minimum absolute atomic E-state index is 0.0284. The molecule has 2 rings (SSSR count). The highest BCUT2D eigenvalue weighted by atomic mass is 32.1. The average Bonchev–Trinajstić information content (AvgIpc) is 2.73. The average molecular weight is 267 g/mol. The number of aliphatic hydroxyl groups is 1. The molecule has 0 amide bonds. The van der Waals surface area contributed by atoms with E-state index in [0.29, 0.717) is 4.52 Å². The summed E-state index contributed by atoms with van der Waals surface area (Å²) in [4.78, 5) is 0.0284. The molecule has 94 valence electrons. The third-order valence-electron chi connectivity index (χ3n) is 2.02. The Bertz CT molecular complexity index is 521. The van der Waals surface area contributed by atoms with Crippen LogP contribution in [0.3, 0.4) is 0 Å². The second kappa shape index (κ2) is 4.20. The SMILES string of the molecule is NC(CCO)c1nn2c(C(F)(F)F)nnc2s1. The molecule has 0 aliphatic rings. The molecule has 0 aromatic carbocycles. The lowest BCUT2D eigenvalue weighted by Gasteiger charge is -2.04. The first-order valence-electron chi connectivity index (χ1n) is 4.59. The second-order valence-corrected chi connectivity index (χ2v) is 4.26. The lowest BCUT2D eigenvalue weighted by molar-refractivity contribution is -0.146. The summed E-state index contributed by atoms with van der Waals surface area (Å²) in [5.41, 5.74) is 5.63. The maximum absolute atomic E-state index is 12.5. The largest absolute Gasteiger partial charge is 0.453 e. The summed E-state index contributed by atoms with van der Waals surface area (Å²) in [5, 5.41) is 19.1. The second-order valence-electron chi connectivity index (χ2n) is 3.27. The van der Waals surface area contributed by atoms with Crippen molar-refractivity contribution in [2.75, 3.05) is 6.61 Å². The highest BCUT2D eigenvalue weighted by molar-refractivity contribution is 7.16. The summed E-state index contributed by atoms with van der Waals surface area (Å²) < 4.78 is 38.1. The molecule has 1 unspecified atom stereocenters. The highest BCUT2D eigenvalue weighted by Gasteiger charge is 2.38. The van der Waals surface area contributed by atoms with E-state index >= 15 is 0 Å². The van der Waals surface area contributed by atoms with E-state index in [1.54, 1.807) is 0 Å². The minimum Gasteiger partial charge on any atom is -0.396 e. The molecule has 2 heterocycles. The molecule has 1 atom stereocenters. The molecule has 2 aromatic rings.